The van der Waals surface area contributed by atoms with E-state index in [1.807, 2.05) is 11.3 Å². The number of benzene rings is 1. The van der Waals surface area contributed by atoms with Crippen molar-refractivity contribution in [2.45, 2.75) is 13.8 Å². The Morgan fingerprint density at radius 1 is 1.11 bits per heavy atom. The Balaban J connectivity index is 0.00000133. The SMILES string of the molecule is Cc1ccc2sc(N3CCN(C)CC3)nc2c1C.Cl. The number of hydrogen-bond acceptors (Lipinski definition) is 4. The summed E-state index contributed by atoms with van der Waals surface area (Å²) in [4.78, 5) is 9.64. The van der Waals surface area contributed by atoms with Crippen molar-refractivity contribution in [3.05, 3.63) is 23.3 Å². The number of anilines is 1. The van der Waals surface area contributed by atoms with Gasteiger partial charge in [-0.15, -0.1) is 12.4 Å². The van der Waals surface area contributed by atoms with Crippen LogP contribution in [0, 0.1) is 13.8 Å². The first-order valence-electron chi connectivity index (χ1n) is 6.45. The maximum atomic E-state index is 4.85. The first-order valence-corrected chi connectivity index (χ1v) is 7.27. The lowest BCUT2D eigenvalue weighted by Gasteiger charge is -2.32. The number of nitrogens with zero attached hydrogens (tertiary/aromatic N) is 3. The minimum atomic E-state index is 0. The minimum absolute atomic E-state index is 0. The van der Waals surface area contributed by atoms with Crippen molar-refractivity contribution in [3.8, 4) is 0 Å². The fourth-order valence-electron chi connectivity index (χ4n) is 2.35. The third-order valence-corrected chi connectivity index (χ3v) is 4.93. The van der Waals surface area contributed by atoms with E-state index in [1.165, 1.54) is 26.5 Å². The summed E-state index contributed by atoms with van der Waals surface area (Å²) in [5, 5.41) is 1.19. The van der Waals surface area contributed by atoms with Crippen molar-refractivity contribution in [2.75, 3.05) is 38.1 Å². The molecule has 1 aliphatic rings. The highest BCUT2D eigenvalue weighted by atomic mass is 35.5. The number of hydrogen-bond donors (Lipinski definition) is 0. The summed E-state index contributed by atoms with van der Waals surface area (Å²) < 4.78 is 1.31. The van der Waals surface area contributed by atoms with Crippen LogP contribution in [0.15, 0.2) is 12.1 Å². The number of aromatic nitrogens is 1. The fourth-order valence-corrected chi connectivity index (χ4v) is 3.42. The smallest absolute Gasteiger partial charge is 0.186 e. The zero-order valence-electron chi connectivity index (χ0n) is 11.6. The third-order valence-electron chi connectivity index (χ3n) is 3.85. The van der Waals surface area contributed by atoms with Gasteiger partial charge in [-0.05, 0) is 38.1 Å². The van der Waals surface area contributed by atoms with Crippen LogP contribution in [0.4, 0.5) is 5.13 Å². The normalized spacial score (nSPS) is 16.7. The molecule has 3 nitrogen and oxygen atoms in total. The Morgan fingerprint density at radius 2 is 1.79 bits per heavy atom. The minimum Gasteiger partial charge on any atom is -0.345 e. The van der Waals surface area contributed by atoms with E-state index in [0.717, 1.165) is 26.2 Å². The van der Waals surface area contributed by atoms with Gasteiger partial charge in [-0.2, -0.15) is 0 Å². The monoisotopic (exact) mass is 297 g/mol. The molecule has 0 unspecified atom stereocenters. The van der Waals surface area contributed by atoms with Gasteiger partial charge in [0.1, 0.15) is 0 Å². The summed E-state index contributed by atoms with van der Waals surface area (Å²) in [5.74, 6) is 0. The Hall–Kier alpha value is -0.840. The molecular formula is C14H20ClN3S. The summed E-state index contributed by atoms with van der Waals surface area (Å²) in [5.41, 5.74) is 3.84. The average molecular weight is 298 g/mol. The second-order valence-electron chi connectivity index (χ2n) is 5.14. The van der Waals surface area contributed by atoms with Crippen molar-refractivity contribution in [1.29, 1.82) is 0 Å². The molecule has 0 atom stereocenters. The third kappa shape index (κ3) is 2.71. The second-order valence-corrected chi connectivity index (χ2v) is 6.15. The largest absolute Gasteiger partial charge is 0.345 e. The molecule has 19 heavy (non-hydrogen) atoms. The highest BCUT2D eigenvalue weighted by molar-refractivity contribution is 7.22. The number of rotatable bonds is 1. The van der Waals surface area contributed by atoms with Crippen molar-refractivity contribution >= 4 is 39.1 Å². The lowest BCUT2D eigenvalue weighted by molar-refractivity contribution is 0.313. The molecule has 1 aromatic heterocycles. The van der Waals surface area contributed by atoms with Gasteiger partial charge in [-0.3, -0.25) is 0 Å². The van der Waals surface area contributed by atoms with Crippen LogP contribution in [0.3, 0.4) is 0 Å². The van der Waals surface area contributed by atoms with Crippen LogP contribution in [-0.2, 0) is 0 Å². The predicted octanol–water partition coefficient (Wildman–Crippen LogP) is 3.09. The van der Waals surface area contributed by atoms with Crippen LogP contribution in [0.1, 0.15) is 11.1 Å². The number of likely N-dealkylation sites (N-methyl/N-ethyl adjacent to an activating group) is 1. The average Bonchev–Trinajstić information content (AvgIpc) is 2.80. The summed E-state index contributed by atoms with van der Waals surface area (Å²) in [6, 6.07) is 4.40. The molecule has 1 fully saturated rings. The van der Waals surface area contributed by atoms with Gasteiger partial charge in [0.05, 0.1) is 10.2 Å². The molecule has 0 N–H and O–H groups in total. The molecule has 0 amide bonds. The van der Waals surface area contributed by atoms with E-state index in [0.29, 0.717) is 0 Å². The van der Waals surface area contributed by atoms with Crippen LogP contribution in [0.25, 0.3) is 10.2 Å². The zero-order valence-corrected chi connectivity index (χ0v) is 13.3. The van der Waals surface area contributed by atoms with E-state index in [2.05, 4.69) is 42.8 Å². The molecule has 0 radical (unpaired) electrons. The fraction of sp³-hybridized carbons (Fsp3) is 0.500. The van der Waals surface area contributed by atoms with Gasteiger partial charge in [-0.25, -0.2) is 4.98 Å². The maximum absolute atomic E-state index is 4.85. The highest BCUT2D eigenvalue weighted by Gasteiger charge is 2.18. The van der Waals surface area contributed by atoms with E-state index in [1.54, 1.807) is 0 Å². The second kappa shape index (κ2) is 5.65. The number of piperazine rings is 1. The summed E-state index contributed by atoms with van der Waals surface area (Å²) in [7, 11) is 2.18. The van der Waals surface area contributed by atoms with E-state index >= 15 is 0 Å². The molecule has 5 heteroatoms. The van der Waals surface area contributed by atoms with E-state index in [9.17, 15) is 0 Å². The number of fused-ring (bicyclic) bond motifs is 1. The number of thiazole rings is 1. The van der Waals surface area contributed by atoms with Crippen molar-refractivity contribution in [2.24, 2.45) is 0 Å². The Labute approximate surface area is 124 Å². The lowest BCUT2D eigenvalue weighted by atomic mass is 10.1. The summed E-state index contributed by atoms with van der Waals surface area (Å²) >= 11 is 1.82. The Bertz CT molecular complexity index is 573. The van der Waals surface area contributed by atoms with Gasteiger partial charge in [0.25, 0.3) is 0 Å². The first-order chi connectivity index (χ1) is 8.65. The van der Waals surface area contributed by atoms with Crippen molar-refractivity contribution < 1.29 is 0 Å². The van der Waals surface area contributed by atoms with Crippen molar-refractivity contribution in [1.82, 2.24) is 9.88 Å². The first kappa shape index (κ1) is 14.6. The molecule has 1 saturated heterocycles. The molecule has 104 valence electrons. The van der Waals surface area contributed by atoms with Gasteiger partial charge in [0.2, 0.25) is 0 Å². The standard InChI is InChI=1S/C14H19N3S.ClH/c1-10-4-5-12-13(11(10)2)15-14(18-12)17-8-6-16(3)7-9-17;/h4-5H,6-9H2,1-3H3;1H. The van der Waals surface area contributed by atoms with Gasteiger partial charge in [0, 0.05) is 26.2 Å². The molecule has 0 aliphatic carbocycles. The van der Waals surface area contributed by atoms with Gasteiger partial charge < -0.3 is 9.80 Å². The number of aryl methyl sites for hydroxylation is 2. The van der Waals surface area contributed by atoms with Gasteiger partial charge in [0.15, 0.2) is 5.13 Å². The zero-order chi connectivity index (χ0) is 12.7. The summed E-state index contributed by atoms with van der Waals surface area (Å²) in [6.45, 7) is 8.78. The molecule has 3 rings (SSSR count). The molecule has 0 saturated carbocycles. The van der Waals surface area contributed by atoms with Crippen LogP contribution in [-0.4, -0.2) is 43.1 Å². The summed E-state index contributed by atoms with van der Waals surface area (Å²) in [6.07, 6.45) is 0. The molecule has 2 heterocycles. The van der Waals surface area contributed by atoms with E-state index in [-0.39, 0.29) is 12.4 Å². The number of halogens is 1. The van der Waals surface area contributed by atoms with Crippen LogP contribution in [0.2, 0.25) is 0 Å². The Kier molecular flexibility index (Phi) is 4.33. The molecule has 0 bridgehead atoms. The molecule has 1 aromatic carbocycles. The lowest BCUT2D eigenvalue weighted by Crippen LogP contribution is -2.44. The van der Waals surface area contributed by atoms with E-state index in [4.69, 9.17) is 4.98 Å². The van der Waals surface area contributed by atoms with Gasteiger partial charge in [-0.1, -0.05) is 17.4 Å². The Morgan fingerprint density at radius 3 is 2.47 bits per heavy atom. The topological polar surface area (TPSA) is 19.4 Å². The molecular weight excluding hydrogens is 278 g/mol. The molecule has 1 aliphatic heterocycles. The molecule has 2 aromatic rings. The van der Waals surface area contributed by atoms with Crippen LogP contribution >= 0.6 is 23.7 Å². The molecule has 0 spiro atoms. The maximum Gasteiger partial charge on any atom is 0.186 e. The quantitative estimate of drug-likeness (QED) is 0.806. The van der Waals surface area contributed by atoms with Crippen LogP contribution in [0.5, 0.6) is 0 Å². The van der Waals surface area contributed by atoms with Crippen molar-refractivity contribution in [3.63, 3.8) is 0 Å². The predicted molar refractivity (Wildman–Crippen MR) is 86.1 cm³/mol. The van der Waals surface area contributed by atoms with Gasteiger partial charge >= 0.3 is 0 Å². The van der Waals surface area contributed by atoms with Crippen LogP contribution < -0.4 is 4.90 Å². The van der Waals surface area contributed by atoms with E-state index < -0.39 is 0 Å². The highest BCUT2D eigenvalue weighted by Crippen LogP contribution is 2.32.